The van der Waals surface area contributed by atoms with Gasteiger partial charge >= 0.3 is 0 Å². The number of halogens is 2. The predicted octanol–water partition coefficient (Wildman–Crippen LogP) is 7.13. The molecule has 0 saturated heterocycles. The molecule has 0 radical (unpaired) electrons. The van der Waals surface area contributed by atoms with Crippen LogP contribution in [0.5, 0.6) is 0 Å². The van der Waals surface area contributed by atoms with Crippen LogP contribution >= 0.6 is 120 Å². The minimum absolute atomic E-state index is 0.123. The Kier molecular flexibility index (Phi) is 40.4. The first kappa shape index (κ1) is 38.3. The lowest BCUT2D eigenvalue weighted by molar-refractivity contribution is -0.116. The van der Waals surface area contributed by atoms with Crippen molar-refractivity contribution in [1.82, 2.24) is 0 Å². The van der Waals surface area contributed by atoms with E-state index in [-0.39, 0.29) is 10.4 Å². The number of thioether (sulfide) groups is 5. The molecule has 0 aromatic carbocycles. The molecule has 12 heteroatoms. The number of hydrogen-bond donors (Lipinski definition) is 3. The smallest absolute Gasteiger partial charge is 0.165 e. The average molecular weight is 626 g/mol. The minimum atomic E-state index is -0.843. The molecule has 0 amide bonds. The van der Waals surface area contributed by atoms with E-state index in [0.717, 1.165) is 51.8 Å². The van der Waals surface area contributed by atoms with Crippen molar-refractivity contribution in [2.75, 3.05) is 63.3 Å². The number of alkyl halides is 2. The molecule has 0 atom stereocenters. The summed E-state index contributed by atoms with van der Waals surface area (Å²) in [5.74, 6) is 12.0. The van der Waals surface area contributed by atoms with Crippen molar-refractivity contribution in [3.63, 3.8) is 0 Å². The molecule has 0 N–H and O–H groups in total. The van der Waals surface area contributed by atoms with Crippen LogP contribution in [0.3, 0.4) is 0 Å². The summed E-state index contributed by atoms with van der Waals surface area (Å²) in [6, 6.07) is 0. The number of carbonyl (C=O) groups is 2. The van der Waals surface area contributed by atoms with Gasteiger partial charge in [-0.15, -0.1) is 23.5 Å². The van der Waals surface area contributed by atoms with Gasteiger partial charge in [-0.25, -0.2) is 0 Å². The van der Waals surface area contributed by atoms with Crippen LogP contribution in [-0.2, 0) is 9.59 Å². The third kappa shape index (κ3) is 37.4. The fourth-order valence-corrected chi connectivity index (χ4v) is 7.38. The fraction of sp³-hybridized carbons (Fsp3) is 0.895. The predicted molar refractivity (Wildman–Crippen MR) is 169 cm³/mol. The van der Waals surface area contributed by atoms with Crippen molar-refractivity contribution in [2.24, 2.45) is 0 Å². The molecule has 0 aliphatic carbocycles. The van der Waals surface area contributed by atoms with Gasteiger partial charge in [0.25, 0.3) is 0 Å². The zero-order valence-corrected chi connectivity index (χ0v) is 26.9. The Labute approximate surface area is 238 Å². The standard InChI is InChI=1S/C11H22OS6.C5H12S2.C3H4Cl2O/c1-10(12)11(17-8-6-15-4-2-13)18-9-7-16-5-3-14;1-2-4-7-5-3-6;1-2(6)3(4)5/h11,13-14H,2-9H2,1H3;6H,2-5H2,1H3;3H,1H3. The molecule has 2 nitrogen and oxygen atoms in total. The Morgan fingerprint density at radius 2 is 1.03 bits per heavy atom. The van der Waals surface area contributed by atoms with Crippen LogP contribution in [0.1, 0.15) is 27.2 Å². The van der Waals surface area contributed by atoms with Gasteiger partial charge in [-0.3, -0.25) is 9.59 Å². The van der Waals surface area contributed by atoms with Crippen LogP contribution in [0.25, 0.3) is 0 Å². The normalized spacial score (nSPS) is 10.4. The highest BCUT2D eigenvalue weighted by Gasteiger charge is 2.14. The third-order valence-electron chi connectivity index (χ3n) is 2.69. The zero-order valence-electron chi connectivity index (χ0n) is 18.6. The molecule has 0 heterocycles. The Morgan fingerprint density at radius 3 is 1.29 bits per heavy atom. The van der Waals surface area contributed by atoms with Crippen LogP contribution in [0.2, 0.25) is 0 Å². The number of hydrogen-bond acceptors (Lipinski definition) is 10. The van der Waals surface area contributed by atoms with Crippen molar-refractivity contribution in [1.29, 1.82) is 0 Å². The summed E-state index contributed by atoms with van der Waals surface area (Å²) in [6.45, 7) is 5.24. The van der Waals surface area contributed by atoms with E-state index in [1.165, 1.54) is 24.9 Å². The number of carbonyl (C=O) groups excluding carboxylic acids is 2. The van der Waals surface area contributed by atoms with E-state index in [2.05, 4.69) is 44.8 Å². The SMILES string of the molecule is CC(=O)C(Cl)Cl.CC(=O)C(SCCSCCS)SCCSCCS.CCCSCCS. The number of Topliss-reactive ketones (excluding diaryl/α,β-unsaturated/α-hetero) is 2. The van der Waals surface area contributed by atoms with E-state index in [0.29, 0.717) is 5.78 Å². The first-order valence-corrected chi connectivity index (χ1v) is 18.2. The van der Waals surface area contributed by atoms with Crippen LogP contribution < -0.4 is 0 Å². The molecule has 0 fully saturated rings. The lowest BCUT2D eigenvalue weighted by atomic mass is 10.5. The van der Waals surface area contributed by atoms with Gasteiger partial charge in [0.1, 0.15) is 4.58 Å². The second kappa shape index (κ2) is 32.7. The molecule has 0 aromatic rings. The molecule has 0 saturated carbocycles. The second-order valence-corrected chi connectivity index (χ2v) is 14.4. The van der Waals surface area contributed by atoms with E-state index in [1.807, 2.05) is 35.3 Å². The summed E-state index contributed by atoms with van der Waals surface area (Å²) < 4.78 is 0.123. The Hall–Kier alpha value is 2.72. The average Bonchev–Trinajstić information content (AvgIpc) is 2.73. The molecule has 0 aliphatic heterocycles. The van der Waals surface area contributed by atoms with Crippen molar-refractivity contribution < 1.29 is 9.59 Å². The Morgan fingerprint density at radius 1 is 0.677 bits per heavy atom. The fourth-order valence-electron chi connectivity index (χ4n) is 1.36. The van der Waals surface area contributed by atoms with Crippen LogP contribution in [0, 0.1) is 0 Å². The topological polar surface area (TPSA) is 34.1 Å². The second-order valence-electron chi connectivity index (χ2n) is 5.60. The largest absolute Gasteiger partial charge is 0.298 e. The minimum Gasteiger partial charge on any atom is -0.298 e. The Balaban J connectivity index is -0.000000492. The lowest BCUT2D eigenvalue weighted by Gasteiger charge is -2.12. The van der Waals surface area contributed by atoms with Gasteiger partial charge in [0, 0.05) is 40.3 Å². The monoisotopic (exact) mass is 624 g/mol. The number of rotatable bonds is 18. The quantitative estimate of drug-likeness (QED) is 0.0647. The first-order valence-electron chi connectivity index (χ1n) is 9.86. The van der Waals surface area contributed by atoms with Gasteiger partial charge in [0.2, 0.25) is 0 Å². The maximum absolute atomic E-state index is 11.5. The lowest BCUT2D eigenvalue weighted by Crippen LogP contribution is -2.12. The van der Waals surface area contributed by atoms with Crippen molar-refractivity contribution in [3.8, 4) is 0 Å². The van der Waals surface area contributed by atoms with Gasteiger partial charge < -0.3 is 0 Å². The molecule has 0 aliphatic rings. The highest BCUT2D eigenvalue weighted by molar-refractivity contribution is 8.18. The molecule has 31 heavy (non-hydrogen) atoms. The van der Waals surface area contributed by atoms with Gasteiger partial charge in [0.15, 0.2) is 16.4 Å². The molecule has 0 rings (SSSR count). The van der Waals surface area contributed by atoms with Crippen molar-refractivity contribution in [2.45, 2.75) is 36.6 Å². The first-order chi connectivity index (χ1) is 14.8. The van der Waals surface area contributed by atoms with E-state index in [4.69, 9.17) is 23.2 Å². The molecular weight excluding hydrogens is 588 g/mol. The maximum Gasteiger partial charge on any atom is 0.165 e. The van der Waals surface area contributed by atoms with Crippen LogP contribution in [-0.4, -0.2) is 84.3 Å². The summed E-state index contributed by atoms with van der Waals surface area (Å²) in [7, 11) is 0. The summed E-state index contributed by atoms with van der Waals surface area (Å²) in [5.41, 5.74) is 0. The molecule has 0 bridgehead atoms. The third-order valence-corrected chi connectivity index (χ3v) is 11.5. The van der Waals surface area contributed by atoms with E-state index in [1.54, 1.807) is 30.4 Å². The van der Waals surface area contributed by atoms with E-state index in [9.17, 15) is 9.59 Å². The van der Waals surface area contributed by atoms with Gasteiger partial charge in [0.05, 0.1) is 0 Å². The highest BCUT2D eigenvalue weighted by Crippen LogP contribution is 2.26. The summed E-state index contributed by atoms with van der Waals surface area (Å²) in [6.07, 6.45) is 1.29. The number of ketones is 2. The maximum atomic E-state index is 11.5. The molecule has 0 unspecified atom stereocenters. The van der Waals surface area contributed by atoms with E-state index >= 15 is 0 Å². The summed E-state index contributed by atoms with van der Waals surface area (Å²) in [5, 5.41) is 0. The summed E-state index contributed by atoms with van der Waals surface area (Å²) >= 11 is 31.9. The molecule has 0 spiro atoms. The Bertz CT molecular complexity index is 376. The molecule has 188 valence electrons. The van der Waals surface area contributed by atoms with Gasteiger partial charge in [-0.2, -0.15) is 73.2 Å². The van der Waals surface area contributed by atoms with Crippen molar-refractivity contribution >= 4 is 131 Å². The van der Waals surface area contributed by atoms with Gasteiger partial charge in [-0.1, -0.05) is 30.1 Å². The van der Waals surface area contributed by atoms with E-state index < -0.39 is 4.84 Å². The van der Waals surface area contributed by atoms with Crippen LogP contribution in [0.4, 0.5) is 0 Å². The summed E-state index contributed by atoms with van der Waals surface area (Å²) in [4.78, 5) is 20.5. The van der Waals surface area contributed by atoms with Gasteiger partial charge in [-0.05, 0) is 43.3 Å². The molecular formula is C19H38Cl2O2S8. The van der Waals surface area contributed by atoms with Crippen LogP contribution in [0.15, 0.2) is 0 Å². The van der Waals surface area contributed by atoms with Crippen molar-refractivity contribution in [3.05, 3.63) is 0 Å². The molecule has 0 aromatic heterocycles. The zero-order chi connectivity index (χ0) is 24.3. The highest BCUT2D eigenvalue weighted by atomic mass is 35.5. The number of thiol groups is 3.